The quantitative estimate of drug-likeness (QED) is 0.331. The normalized spacial score (nSPS) is 14.9. The second-order valence-electron chi connectivity index (χ2n) is 1.39. The molecule has 11 heavy (non-hydrogen) atoms. The van der Waals surface area contributed by atoms with Crippen molar-refractivity contribution in [2.75, 3.05) is 12.5 Å². The van der Waals surface area contributed by atoms with E-state index in [0.29, 0.717) is 0 Å². The van der Waals surface area contributed by atoms with Crippen LogP contribution in [0.5, 0.6) is 0 Å². The van der Waals surface area contributed by atoms with E-state index in [1.807, 2.05) is 0 Å². The van der Waals surface area contributed by atoms with Gasteiger partial charge in [-0.25, -0.2) is 8.42 Å². The molecule has 1 unspecified atom stereocenters. The van der Waals surface area contributed by atoms with Crippen molar-refractivity contribution >= 4 is 39.7 Å². The van der Waals surface area contributed by atoms with Gasteiger partial charge < -0.3 is 4.55 Å². The summed E-state index contributed by atoms with van der Waals surface area (Å²) in [5, 5.41) is 0. The van der Waals surface area contributed by atoms with Crippen LogP contribution in [0, 0.1) is 0 Å². The van der Waals surface area contributed by atoms with Crippen molar-refractivity contribution in [1.29, 1.82) is 0 Å². The molecule has 0 N–H and O–H groups in total. The van der Waals surface area contributed by atoms with E-state index < -0.39 is 17.8 Å². The number of halogens is 1. The fourth-order valence-corrected chi connectivity index (χ4v) is 0. The van der Waals surface area contributed by atoms with Gasteiger partial charge in [-0.3, -0.25) is 4.21 Å². The van der Waals surface area contributed by atoms with Crippen LogP contribution in [0.2, 0.25) is 0 Å². The minimum absolute atomic E-state index is 0. The Morgan fingerprint density at radius 3 is 1.27 bits per heavy atom. The van der Waals surface area contributed by atoms with Crippen LogP contribution >= 0.6 is 10.7 Å². The summed E-state index contributed by atoms with van der Waals surface area (Å²) in [5.74, 6) is 0. The monoisotopic (exact) mass is 248 g/mol. The smallest absolute Gasteiger partial charge is 0.770 e. The van der Waals surface area contributed by atoms with Gasteiger partial charge in [-0.05, 0) is 20.0 Å². The van der Waals surface area contributed by atoms with Gasteiger partial charge >= 0.3 is 29.6 Å². The Balaban J connectivity index is -0.000000107. The minimum atomic E-state index is -3.19. The van der Waals surface area contributed by atoms with E-state index in [0.717, 1.165) is 12.5 Å². The predicted molar refractivity (Wildman–Crippen MR) is 42.9 cm³/mol. The molecule has 0 aliphatic rings. The number of hydrogen-bond acceptors (Lipinski definition) is 5. The molecular weight excluding hydrogens is 243 g/mol. The van der Waals surface area contributed by atoms with Gasteiger partial charge in [0.1, 0.15) is 0 Å². The zero-order valence-corrected chi connectivity index (χ0v) is 11.4. The molecule has 1 atom stereocenters. The molecule has 0 bridgehead atoms. The molecule has 0 aromatic rings. The number of hydrogen-bond donors (Lipinski definition) is 0. The first kappa shape index (κ1) is 18.4. The van der Waals surface area contributed by atoms with Crippen molar-refractivity contribution in [1.82, 2.24) is 0 Å². The molecule has 0 aromatic carbocycles. The largest absolute Gasteiger partial charge is 1.00 e. The zero-order chi connectivity index (χ0) is 9.00. The van der Waals surface area contributed by atoms with Gasteiger partial charge in [-0.15, -0.1) is 0 Å². The Labute approximate surface area is 97.9 Å². The van der Waals surface area contributed by atoms with Crippen LogP contribution in [0.1, 0.15) is 0 Å². The fourth-order valence-electron chi connectivity index (χ4n) is 0. The molecule has 4 nitrogen and oxygen atoms in total. The van der Waals surface area contributed by atoms with Crippen LogP contribution < -0.4 is 29.6 Å². The third-order valence-corrected chi connectivity index (χ3v) is 0. The molecule has 0 heterocycles. The average Bonchev–Trinajstić information content (AvgIpc) is 1.12. The van der Waals surface area contributed by atoms with E-state index in [4.69, 9.17) is 0 Å². The third kappa shape index (κ3) is 430. The van der Waals surface area contributed by atoms with Crippen LogP contribution in [-0.2, 0) is 29.0 Å². The molecule has 0 saturated heterocycles. The van der Waals surface area contributed by atoms with Crippen molar-refractivity contribution < 1.29 is 46.7 Å². The molecular formula is C2H6ClNaO4S3. The van der Waals surface area contributed by atoms with Crippen LogP contribution in [0.3, 0.4) is 0 Å². The van der Waals surface area contributed by atoms with E-state index in [1.54, 1.807) is 0 Å². The predicted octanol–water partition coefficient (Wildman–Crippen LogP) is -3.32. The van der Waals surface area contributed by atoms with Crippen LogP contribution in [-0.4, -0.2) is 29.7 Å². The second kappa shape index (κ2) is 7.02. The molecule has 0 aliphatic carbocycles. The Kier molecular flexibility index (Phi) is 11.7. The van der Waals surface area contributed by atoms with Crippen LogP contribution in [0.15, 0.2) is 0 Å². The van der Waals surface area contributed by atoms with E-state index in [1.165, 1.54) is 0 Å². The van der Waals surface area contributed by atoms with Gasteiger partial charge in [0.2, 0.25) is 9.05 Å². The number of rotatable bonds is 0. The Morgan fingerprint density at radius 1 is 1.27 bits per heavy atom. The summed E-state index contributed by atoms with van der Waals surface area (Å²) in [6, 6.07) is 0. The van der Waals surface area contributed by atoms with E-state index in [9.17, 15) is 17.2 Å². The molecule has 0 saturated carbocycles. The summed E-state index contributed by atoms with van der Waals surface area (Å²) < 4.78 is 37.7. The van der Waals surface area contributed by atoms with Crippen molar-refractivity contribution in [2.24, 2.45) is 0 Å². The summed E-state index contributed by atoms with van der Waals surface area (Å²) in [7, 11) is -1.78. The maximum Gasteiger partial charge on any atom is 1.00 e. The first-order chi connectivity index (χ1) is 4.00. The molecule has 0 amide bonds. The average molecular weight is 249 g/mol. The second-order valence-corrected chi connectivity index (χ2v) is 7.66. The summed E-state index contributed by atoms with van der Waals surface area (Å²) >= 11 is 3.80. The molecule has 0 fully saturated rings. The summed E-state index contributed by atoms with van der Waals surface area (Å²) in [6.45, 7) is 0. The molecule has 9 heteroatoms. The molecule has 0 spiro atoms. The SMILES string of the molecule is CS(=O)(=O)Cl.CS(=O)([O-])=S.[Na+]. The van der Waals surface area contributed by atoms with Gasteiger partial charge in [0.15, 0.2) is 0 Å². The maximum atomic E-state index is 9.45. The van der Waals surface area contributed by atoms with Crippen molar-refractivity contribution in [3.8, 4) is 0 Å². The third-order valence-electron chi connectivity index (χ3n) is 0. The Hall–Kier alpha value is 1.57. The first-order valence-electron chi connectivity index (χ1n) is 1.80. The van der Waals surface area contributed by atoms with E-state index in [2.05, 4.69) is 21.9 Å². The van der Waals surface area contributed by atoms with Gasteiger partial charge in [0.05, 0.1) is 6.26 Å². The van der Waals surface area contributed by atoms with Crippen molar-refractivity contribution in [2.45, 2.75) is 0 Å². The van der Waals surface area contributed by atoms with Crippen molar-refractivity contribution in [3.05, 3.63) is 0 Å². The molecule has 0 rings (SSSR count). The Morgan fingerprint density at radius 2 is 1.27 bits per heavy atom. The van der Waals surface area contributed by atoms with Crippen molar-refractivity contribution in [3.63, 3.8) is 0 Å². The molecule has 0 aliphatic heterocycles. The topological polar surface area (TPSA) is 74.3 Å². The van der Waals surface area contributed by atoms with Gasteiger partial charge in [-0.1, -0.05) is 0 Å². The molecule has 0 aromatic heterocycles. The standard InChI is InChI=1S/CH3ClO2S.CH4O2S2.Na/c2*1-5(2,3)4;/h1H3;1H3,(H,2,3,4);/q;;+1/p-1. The fraction of sp³-hybridized carbons (Fsp3) is 1.00. The molecule has 0 radical (unpaired) electrons. The van der Waals surface area contributed by atoms with Gasteiger partial charge in [-0.2, -0.15) is 0 Å². The zero-order valence-electron chi connectivity index (χ0n) is 6.24. The minimum Gasteiger partial charge on any atom is -0.770 e. The van der Waals surface area contributed by atoms with Crippen LogP contribution in [0.25, 0.3) is 0 Å². The van der Waals surface area contributed by atoms with Gasteiger partial charge in [0, 0.05) is 16.9 Å². The van der Waals surface area contributed by atoms with Gasteiger partial charge in [0.25, 0.3) is 0 Å². The van der Waals surface area contributed by atoms with Crippen LogP contribution in [0.4, 0.5) is 0 Å². The summed E-state index contributed by atoms with van der Waals surface area (Å²) in [4.78, 5) is 0. The Bertz CT molecular complexity index is 220. The summed E-state index contributed by atoms with van der Waals surface area (Å²) in [5.41, 5.74) is 0. The van der Waals surface area contributed by atoms with E-state index in [-0.39, 0.29) is 29.6 Å². The van der Waals surface area contributed by atoms with E-state index >= 15 is 0 Å². The summed E-state index contributed by atoms with van der Waals surface area (Å²) in [6.07, 6.45) is 1.90. The molecule has 64 valence electrons. The first-order valence-corrected chi connectivity index (χ1v) is 7.34. The maximum absolute atomic E-state index is 9.45.